The van der Waals surface area contributed by atoms with E-state index in [2.05, 4.69) is 24.1 Å². The van der Waals surface area contributed by atoms with Crippen molar-refractivity contribution in [3.8, 4) is 0 Å². The molecule has 27 heavy (non-hydrogen) atoms. The molecular formula is C20H27N3O3S. The van der Waals surface area contributed by atoms with Gasteiger partial charge in [0.25, 0.3) is 0 Å². The van der Waals surface area contributed by atoms with Gasteiger partial charge in [0.1, 0.15) is 6.54 Å². The molecule has 7 heteroatoms. The predicted molar refractivity (Wildman–Crippen MR) is 110 cm³/mol. The van der Waals surface area contributed by atoms with Crippen LogP contribution in [-0.4, -0.2) is 40.2 Å². The van der Waals surface area contributed by atoms with Gasteiger partial charge in [-0.25, -0.2) is 8.42 Å². The van der Waals surface area contributed by atoms with Crippen molar-refractivity contribution in [1.82, 2.24) is 5.32 Å². The van der Waals surface area contributed by atoms with Crippen molar-refractivity contribution in [2.45, 2.75) is 20.4 Å². The Morgan fingerprint density at radius 3 is 2.04 bits per heavy atom. The second kappa shape index (κ2) is 9.41. The number of para-hydroxylation sites is 1. The molecule has 1 amide bonds. The molecule has 0 heterocycles. The highest BCUT2D eigenvalue weighted by molar-refractivity contribution is 7.92. The molecule has 146 valence electrons. The molecule has 0 atom stereocenters. The van der Waals surface area contributed by atoms with Gasteiger partial charge in [-0.2, -0.15) is 0 Å². The van der Waals surface area contributed by atoms with Crippen LogP contribution < -0.4 is 14.5 Å². The Kier molecular flexibility index (Phi) is 7.24. The van der Waals surface area contributed by atoms with E-state index in [9.17, 15) is 13.2 Å². The zero-order chi connectivity index (χ0) is 19.9. The van der Waals surface area contributed by atoms with E-state index in [0.29, 0.717) is 12.2 Å². The third-order valence-electron chi connectivity index (χ3n) is 4.29. The predicted octanol–water partition coefficient (Wildman–Crippen LogP) is 2.62. The number of sulfonamides is 1. The molecule has 0 aliphatic carbocycles. The molecule has 0 spiro atoms. The Morgan fingerprint density at radius 1 is 0.926 bits per heavy atom. The minimum Gasteiger partial charge on any atom is -0.372 e. The standard InChI is InChI=1S/C20H27N3O3S/c1-4-22(5-2)18-13-11-17(12-14-18)15-21-20(24)16-23(27(3,25)26)19-9-7-6-8-10-19/h6-14H,4-5,15-16H2,1-3H3,(H,21,24). The lowest BCUT2D eigenvalue weighted by Gasteiger charge is -2.22. The van der Waals surface area contributed by atoms with Crippen LogP contribution in [0.1, 0.15) is 19.4 Å². The summed E-state index contributed by atoms with van der Waals surface area (Å²) < 4.78 is 25.2. The van der Waals surface area contributed by atoms with Gasteiger partial charge >= 0.3 is 0 Å². The Balaban J connectivity index is 1.98. The highest BCUT2D eigenvalue weighted by Crippen LogP contribution is 2.17. The SMILES string of the molecule is CCN(CC)c1ccc(CNC(=O)CN(c2ccccc2)S(C)(=O)=O)cc1. The highest BCUT2D eigenvalue weighted by atomic mass is 32.2. The molecular weight excluding hydrogens is 362 g/mol. The fourth-order valence-electron chi connectivity index (χ4n) is 2.79. The lowest BCUT2D eigenvalue weighted by atomic mass is 10.2. The van der Waals surface area contributed by atoms with Gasteiger partial charge in [0.05, 0.1) is 11.9 Å². The average molecular weight is 390 g/mol. The summed E-state index contributed by atoms with van der Waals surface area (Å²) in [4.78, 5) is 14.5. The van der Waals surface area contributed by atoms with Gasteiger partial charge in [-0.05, 0) is 43.7 Å². The largest absolute Gasteiger partial charge is 0.372 e. The number of rotatable bonds is 9. The maximum absolute atomic E-state index is 12.3. The van der Waals surface area contributed by atoms with E-state index in [1.807, 2.05) is 24.3 Å². The Morgan fingerprint density at radius 2 is 1.52 bits per heavy atom. The summed E-state index contributed by atoms with van der Waals surface area (Å²) in [5, 5.41) is 2.79. The van der Waals surface area contributed by atoms with E-state index in [4.69, 9.17) is 0 Å². The fraction of sp³-hybridized carbons (Fsp3) is 0.350. The van der Waals surface area contributed by atoms with Crippen LogP contribution in [0.3, 0.4) is 0 Å². The second-order valence-corrected chi connectivity index (χ2v) is 8.13. The molecule has 0 bridgehead atoms. The van der Waals surface area contributed by atoms with Gasteiger partial charge in [0.2, 0.25) is 15.9 Å². The average Bonchev–Trinajstić information content (AvgIpc) is 2.66. The molecule has 2 rings (SSSR count). The number of nitrogens with zero attached hydrogens (tertiary/aromatic N) is 2. The van der Waals surface area contributed by atoms with Crippen LogP contribution in [0, 0.1) is 0 Å². The summed E-state index contributed by atoms with van der Waals surface area (Å²) in [5.41, 5.74) is 2.58. The smallest absolute Gasteiger partial charge is 0.241 e. The van der Waals surface area contributed by atoms with E-state index in [1.54, 1.807) is 30.3 Å². The van der Waals surface area contributed by atoms with Gasteiger partial charge in [-0.15, -0.1) is 0 Å². The maximum atomic E-state index is 12.3. The summed E-state index contributed by atoms with van der Waals surface area (Å²) in [5.74, 6) is -0.350. The number of carbonyl (C=O) groups is 1. The lowest BCUT2D eigenvalue weighted by Crippen LogP contribution is -2.40. The van der Waals surface area contributed by atoms with Crippen molar-refractivity contribution < 1.29 is 13.2 Å². The molecule has 0 saturated carbocycles. The van der Waals surface area contributed by atoms with Crippen molar-refractivity contribution in [2.75, 3.05) is 35.1 Å². The second-order valence-electron chi connectivity index (χ2n) is 6.22. The Hall–Kier alpha value is -2.54. The van der Waals surface area contributed by atoms with Crippen LogP contribution >= 0.6 is 0 Å². The van der Waals surface area contributed by atoms with Crippen LogP contribution in [0.25, 0.3) is 0 Å². The lowest BCUT2D eigenvalue weighted by molar-refractivity contribution is -0.119. The first-order valence-electron chi connectivity index (χ1n) is 8.98. The number of hydrogen-bond acceptors (Lipinski definition) is 4. The molecule has 0 aromatic heterocycles. The number of anilines is 2. The number of carbonyl (C=O) groups excluding carboxylic acids is 1. The minimum atomic E-state index is -3.55. The summed E-state index contributed by atoms with van der Waals surface area (Å²) in [6, 6.07) is 16.6. The molecule has 0 radical (unpaired) electrons. The molecule has 0 aliphatic heterocycles. The van der Waals surface area contributed by atoms with E-state index < -0.39 is 10.0 Å². The number of hydrogen-bond donors (Lipinski definition) is 1. The first-order chi connectivity index (χ1) is 12.8. The molecule has 0 fully saturated rings. The van der Waals surface area contributed by atoms with Crippen LogP contribution in [0.15, 0.2) is 54.6 Å². The summed E-state index contributed by atoms with van der Waals surface area (Å²) >= 11 is 0. The Bertz CT molecular complexity index is 833. The first kappa shape index (κ1) is 20.8. The molecule has 2 aromatic rings. The Labute approximate surface area is 161 Å². The van der Waals surface area contributed by atoms with Gasteiger partial charge < -0.3 is 10.2 Å². The quantitative estimate of drug-likeness (QED) is 0.716. The van der Waals surface area contributed by atoms with E-state index >= 15 is 0 Å². The normalized spacial score (nSPS) is 11.1. The third kappa shape index (κ3) is 5.99. The maximum Gasteiger partial charge on any atom is 0.241 e. The number of amides is 1. The molecule has 2 aromatic carbocycles. The van der Waals surface area contributed by atoms with Gasteiger partial charge in [0, 0.05) is 25.3 Å². The fourth-order valence-corrected chi connectivity index (χ4v) is 3.65. The van der Waals surface area contributed by atoms with Crippen molar-refractivity contribution in [2.24, 2.45) is 0 Å². The van der Waals surface area contributed by atoms with Crippen molar-refractivity contribution in [3.05, 3.63) is 60.2 Å². The van der Waals surface area contributed by atoms with E-state index in [1.165, 1.54) is 0 Å². The topological polar surface area (TPSA) is 69.7 Å². The van der Waals surface area contributed by atoms with Gasteiger partial charge in [-0.3, -0.25) is 9.10 Å². The van der Waals surface area contributed by atoms with Crippen LogP contribution in [0.5, 0.6) is 0 Å². The molecule has 0 saturated heterocycles. The van der Waals surface area contributed by atoms with Gasteiger partial charge in [-0.1, -0.05) is 30.3 Å². The van der Waals surface area contributed by atoms with Crippen LogP contribution in [-0.2, 0) is 21.4 Å². The van der Waals surface area contributed by atoms with E-state index in [0.717, 1.165) is 34.9 Å². The molecule has 6 nitrogen and oxygen atoms in total. The summed E-state index contributed by atoms with van der Waals surface area (Å²) in [6.07, 6.45) is 1.10. The monoisotopic (exact) mass is 389 g/mol. The van der Waals surface area contributed by atoms with E-state index in [-0.39, 0.29) is 12.5 Å². The minimum absolute atomic E-state index is 0.250. The van der Waals surface area contributed by atoms with Gasteiger partial charge in [0.15, 0.2) is 0 Å². The third-order valence-corrected chi connectivity index (χ3v) is 5.43. The number of nitrogens with one attached hydrogen (secondary N) is 1. The van der Waals surface area contributed by atoms with Crippen molar-refractivity contribution in [3.63, 3.8) is 0 Å². The summed E-state index contributed by atoms with van der Waals surface area (Å²) in [7, 11) is -3.55. The van der Waals surface area contributed by atoms with Crippen LogP contribution in [0.2, 0.25) is 0 Å². The zero-order valence-electron chi connectivity index (χ0n) is 16.1. The molecule has 0 aliphatic rings. The number of benzene rings is 2. The molecule has 1 N–H and O–H groups in total. The summed E-state index contributed by atoms with van der Waals surface area (Å²) in [6.45, 7) is 6.20. The van der Waals surface area contributed by atoms with Crippen molar-refractivity contribution in [1.29, 1.82) is 0 Å². The van der Waals surface area contributed by atoms with Crippen LogP contribution in [0.4, 0.5) is 11.4 Å². The zero-order valence-corrected chi connectivity index (χ0v) is 16.9. The molecule has 0 unspecified atom stereocenters. The highest BCUT2D eigenvalue weighted by Gasteiger charge is 2.20. The first-order valence-corrected chi connectivity index (χ1v) is 10.8. The van der Waals surface area contributed by atoms with Crippen molar-refractivity contribution >= 4 is 27.3 Å².